The van der Waals surface area contributed by atoms with Gasteiger partial charge in [0.05, 0.1) is 4.92 Å². The van der Waals surface area contributed by atoms with Gasteiger partial charge < -0.3 is 10.2 Å². The van der Waals surface area contributed by atoms with E-state index in [1.54, 1.807) is 4.90 Å². The first-order chi connectivity index (χ1) is 12.0. The van der Waals surface area contributed by atoms with Gasteiger partial charge in [-0.3, -0.25) is 14.9 Å². The zero-order valence-corrected chi connectivity index (χ0v) is 13.5. The first-order valence-corrected chi connectivity index (χ1v) is 8.09. The van der Waals surface area contributed by atoms with Crippen LogP contribution in [0.1, 0.15) is 12.8 Å². The van der Waals surface area contributed by atoms with Crippen molar-refractivity contribution < 1.29 is 14.1 Å². The van der Waals surface area contributed by atoms with Crippen LogP contribution in [0.3, 0.4) is 0 Å². The second kappa shape index (κ2) is 7.29. The van der Waals surface area contributed by atoms with Crippen LogP contribution in [-0.4, -0.2) is 23.9 Å². The van der Waals surface area contributed by atoms with Crippen LogP contribution in [0.2, 0.25) is 0 Å². The minimum absolute atomic E-state index is 0.0559. The lowest BCUT2D eigenvalue weighted by Crippen LogP contribution is -2.38. The van der Waals surface area contributed by atoms with Crippen LogP contribution in [0, 0.1) is 21.8 Å². The fraction of sp³-hybridized carbons (Fsp3) is 0.278. The van der Waals surface area contributed by atoms with Gasteiger partial charge >= 0.3 is 0 Å². The van der Waals surface area contributed by atoms with Gasteiger partial charge in [0.15, 0.2) is 0 Å². The zero-order valence-electron chi connectivity index (χ0n) is 13.5. The van der Waals surface area contributed by atoms with Gasteiger partial charge in [-0.05, 0) is 31.0 Å². The third-order valence-electron chi connectivity index (χ3n) is 4.38. The number of nitrogens with zero attached hydrogens (tertiary/aromatic N) is 2. The molecule has 1 N–H and O–H groups in total. The fourth-order valence-corrected chi connectivity index (χ4v) is 3.05. The third kappa shape index (κ3) is 3.93. The summed E-state index contributed by atoms with van der Waals surface area (Å²) in [7, 11) is 0. The van der Waals surface area contributed by atoms with Crippen molar-refractivity contribution in [2.45, 2.75) is 12.8 Å². The molecule has 6 nitrogen and oxygen atoms in total. The van der Waals surface area contributed by atoms with E-state index in [2.05, 4.69) is 5.32 Å². The molecule has 1 amide bonds. The standard InChI is InChI=1S/C18H18FN3O3/c19-14-6-7-16(22(24)25)17(12-14)21-10-8-13(9-11-21)18(23)20-15-4-2-1-3-5-15/h1-7,12-13H,8-11H2,(H,20,23). The van der Waals surface area contributed by atoms with E-state index in [9.17, 15) is 19.3 Å². The van der Waals surface area contributed by atoms with Gasteiger partial charge in [-0.2, -0.15) is 0 Å². The van der Waals surface area contributed by atoms with E-state index in [1.165, 1.54) is 12.1 Å². The molecule has 0 atom stereocenters. The summed E-state index contributed by atoms with van der Waals surface area (Å²) >= 11 is 0. The van der Waals surface area contributed by atoms with E-state index >= 15 is 0 Å². The number of para-hydroxylation sites is 1. The maximum Gasteiger partial charge on any atom is 0.292 e. The molecule has 2 aromatic carbocycles. The second-order valence-electron chi connectivity index (χ2n) is 6.01. The molecule has 1 saturated heterocycles. The number of anilines is 2. The average molecular weight is 343 g/mol. The molecule has 0 radical (unpaired) electrons. The topological polar surface area (TPSA) is 75.5 Å². The normalized spacial score (nSPS) is 15.0. The highest BCUT2D eigenvalue weighted by Gasteiger charge is 2.28. The Morgan fingerprint density at radius 1 is 1.16 bits per heavy atom. The molecule has 0 bridgehead atoms. The Morgan fingerprint density at radius 2 is 1.84 bits per heavy atom. The van der Waals surface area contributed by atoms with Crippen LogP contribution < -0.4 is 10.2 Å². The minimum Gasteiger partial charge on any atom is -0.366 e. The zero-order chi connectivity index (χ0) is 17.8. The maximum atomic E-state index is 13.5. The number of piperidine rings is 1. The van der Waals surface area contributed by atoms with Gasteiger partial charge in [0.25, 0.3) is 5.69 Å². The lowest BCUT2D eigenvalue weighted by molar-refractivity contribution is -0.384. The van der Waals surface area contributed by atoms with E-state index in [0.717, 1.165) is 11.8 Å². The maximum absolute atomic E-state index is 13.5. The molecule has 1 fully saturated rings. The van der Waals surface area contributed by atoms with Crippen LogP contribution in [0.25, 0.3) is 0 Å². The predicted octanol–water partition coefficient (Wildman–Crippen LogP) is 3.59. The molecule has 25 heavy (non-hydrogen) atoms. The number of amides is 1. The number of hydrogen-bond acceptors (Lipinski definition) is 4. The van der Waals surface area contributed by atoms with Crippen molar-refractivity contribution in [3.05, 3.63) is 64.5 Å². The van der Waals surface area contributed by atoms with Crippen LogP contribution in [0.15, 0.2) is 48.5 Å². The van der Waals surface area contributed by atoms with Gasteiger partial charge in [-0.15, -0.1) is 0 Å². The fourth-order valence-electron chi connectivity index (χ4n) is 3.05. The summed E-state index contributed by atoms with van der Waals surface area (Å²) < 4.78 is 13.5. The van der Waals surface area contributed by atoms with Crippen molar-refractivity contribution in [3.63, 3.8) is 0 Å². The molecular weight excluding hydrogens is 325 g/mol. The molecule has 0 aromatic heterocycles. The molecule has 0 saturated carbocycles. The summed E-state index contributed by atoms with van der Waals surface area (Å²) in [5.74, 6) is -0.729. The van der Waals surface area contributed by atoms with Gasteiger partial charge in [0, 0.05) is 36.8 Å². The number of carbonyl (C=O) groups excluding carboxylic acids is 1. The largest absolute Gasteiger partial charge is 0.366 e. The summed E-state index contributed by atoms with van der Waals surface area (Å²) in [6.45, 7) is 0.939. The highest BCUT2D eigenvalue weighted by Crippen LogP contribution is 2.32. The summed E-state index contributed by atoms with van der Waals surface area (Å²) in [6.07, 6.45) is 1.12. The van der Waals surface area contributed by atoms with Crippen molar-refractivity contribution in [2.24, 2.45) is 5.92 Å². The quantitative estimate of drug-likeness (QED) is 0.680. The van der Waals surface area contributed by atoms with E-state index in [1.807, 2.05) is 30.3 Å². The van der Waals surface area contributed by atoms with Crippen molar-refractivity contribution in [2.75, 3.05) is 23.3 Å². The first kappa shape index (κ1) is 16.9. The summed E-state index contributed by atoms with van der Waals surface area (Å²) in [5, 5.41) is 14.0. The number of benzene rings is 2. The molecule has 1 heterocycles. The summed E-state index contributed by atoms with van der Waals surface area (Å²) in [6, 6.07) is 12.7. The number of carbonyl (C=O) groups is 1. The Morgan fingerprint density at radius 3 is 2.48 bits per heavy atom. The van der Waals surface area contributed by atoms with Crippen molar-refractivity contribution in [1.82, 2.24) is 0 Å². The van der Waals surface area contributed by atoms with Crippen molar-refractivity contribution in [3.8, 4) is 0 Å². The number of nitro benzene ring substituents is 1. The minimum atomic E-state index is -0.511. The van der Waals surface area contributed by atoms with Crippen LogP contribution in [0.4, 0.5) is 21.5 Å². The molecule has 2 aromatic rings. The van der Waals surface area contributed by atoms with Gasteiger partial charge in [-0.25, -0.2) is 4.39 Å². The Bertz CT molecular complexity index is 774. The van der Waals surface area contributed by atoms with Crippen LogP contribution >= 0.6 is 0 Å². The van der Waals surface area contributed by atoms with Crippen LogP contribution in [-0.2, 0) is 4.79 Å². The van der Waals surface area contributed by atoms with Crippen molar-refractivity contribution in [1.29, 1.82) is 0 Å². The molecule has 1 aliphatic rings. The molecule has 3 rings (SSSR count). The van der Waals surface area contributed by atoms with Crippen LogP contribution in [0.5, 0.6) is 0 Å². The average Bonchev–Trinajstić information content (AvgIpc) is 2.62. The summed E-state index contributed by atoms with van der Waals surface area (Å²) in [5.41, 5.74) is 0.899. The Kier molecular flexibility index (Phi) is 4.92. The predicted molar refractivity (Wildman–Crippen MR) is 93.1 cm³/mol. The highest BCUT2D eigenvalue weighted by atomic mass is 19.1. The van der Waals surface area contributed by atoms with E-state index in [0.29, 0.717) is 25.9 Å². The van der Waals surface area contributed by atoms with Gasteiger partial charge in [0.2, 0.25) is 5.91 Å². The molecule has 0 aliphatic carbocycles. The molecule has 130 valence electrons. The number of hydrogen-bond donors (Lipinski definition) is 1. The number of rotatable bonds is 4. The smallest absolute Gasteiger partial charge is 0.292 e. The van der Waals surface area contributed by atoms with Gasteiger partial charge in [-0.1, -0.05) is 18.2 Å². The molecular formula is C18H18FN3O3. The summed E-state index contributed by atoms with van der Waals surface area (Å²) in [4.78, 5) is 24.7. The molecule has 1 aliphatic heterocycles. The third-order valence-corrected chi connectivity index (χ3v) is 4.38. The Balaban J connectivity index is 1.65. The highest BCUT2D eigenvalue weighted by molar-refractivity contribution is 5.92. The second-order valence-corrected chi connectivity index (χ2v) is 6.01. The molecule has 0 unspecified atom stereocenters. The lowest BCUT2D eigenvalue weighted by Gasteiger charge is -2.32. The van der Waals surface area contributed by atoms with Crippen molar-refractivity contribution >= 4 is 23.0 Å². The number of nitrogens with one attached hydrogen (secondary N) is 1. The lowest BCUT2D eigenvalue weighted by atomic mass is 9.95. The monoisotopic (exact) mass is 343 g/mol. The first-order valence-electron chi connectivity index (χ1n) is 8.09. The Labute approximate surface area is 144 Å². The molecule has 0 spiro atoms. The number of nitro groups is 1. The van der Waals surface area contributed by atoms with E-state index < -0.39 is 10.7 Å². The number of halogens is 1. The van der Waals surface area contributed by atoms with Gasteiger partial charge in [0.1, 0.15) is 11.5 Å². The van der Waals surface area contributed by atoms with E-state index in [4.69, 9.17) is 0 Å². The molecule has 7 heteroatoms. The Hall–Kier alpha value is -2.96. The SMILES string of the molecule is O=C(Nc1ccccc1)C1CCN(c2cc(F)ccc2[N+](=O)[O-])CC1. The van der Waals surface area contributed by atoms with E-state index in [-0.39, 0.29) is 23.2 Å².